The molecule has 0 radical (unpaired) electrons. The first-order valence-electron chi connectivity index (χ1n) is 5.94. The number of rotatable bonds is 3. The Hall–Kier alpha value is -0.400. The smallest absolute Gasteiger partial charge is 0.0638 e. The lowest BCUT2D eigenvalue weighted by atomic mass is 9.89. The van der Waals surface area contributed by atoms with E-state index in [-0.39, 0.29) is 0 Å². The number of anilines is 1. The van der Waals surface area contributed by atoms with Crippen LogP contribution in [0.5, 0.6) is 0 Å². The van der Waals surface area contributed by atoms with Crippen molar-refractivity contribution in [1.82, 2.24) is 0 Å². The second-order valence-electron chi connectivity index (χ2n) is 4.51. The Kier molecular flexibility index (Phi) is 4.37. The van der Waals surface area contributed by atoms with Crippen LogP contribution in [-0.4, -0.2) is 6.54 Å². The van der Waals surface area contributed by atoms with Gasteiger partial charge in [0, 0.05) is 11.6 Å². The molecule has 0 bridgehead atoms. The molecule has 0 amide bonds. The van der Waals surface area contributed by atoms with Crippen LogP contribution in [0.15, 0.2) is 18.2 Å². The topological polar surface area (TPSA) is 12.0 Å². The maximum Gasteiger partial charge on any atom is 0.0638 e. The lowest BCUT2D eigenvalue weighted by molar-refractivity contribution is 0.373. The molecule has 2 rings (SSSR count). The van der Waals surface area contributed by atoms with Crippen molar-refractivity contribution in [2.24, 2.45) is 5.92 Å². The summed E-state index contributed by atoms with van der Waals surface area (Å²) >= 11 is 12.0. The quantitative estimate of drug-likeness (QED) is 0.805. The zero-order valence-electron chi connectivity index (χ0n) is 9.31. The summed E-state index contributed by atoms with van der Waals surface area (Å²) in [6.07, 6.45) is 6.82. The van der Waals surface area contributed by atoms with Gasteiger partial charge in [-0.3, -0.25) is 0 Å². The molecule has 0 heterocycles. The van der Waals surface area contributed by atoms with Crippen LogP contribution >= 0.6 is 23.2 Å². The van der Waals surface area contributed by atoms with Crippen LogP contribution < -0.4 is 5.32 Å². The van der Waals surface area contributed by atoms with Crippen molar-refractivity contribution in [3.8, 4) is 0 Å². The first-order valence-corrected chi connectivity index (χ1v) is 6.70. The molecule has 1 aliphatic carbocycles. The van der Waals surface area contributed by atoms with Gasteiger partial charge in [0.2, 0.25) is 0 Å². The third-order valence-electron chi connectivity index (χ3n) is 3.23. The number of hydrogen-bond donors (Lipinski definition) is 1. The zero-order chi connectivity index (χ0) is 11.4. The number of nitrogens with one attached hydrogen (secondary N) is 1. The summed E-state index contributed by atoms with van der Waals surface area (Å²) < 4.78 is 0. The van der Waals surface area contributed by atoms with E-state index in [0.717, 1.165) is 28.2 Å². The van der Waals surface area contributed by atoms with Crippen LogP contribution in [0.1, 0.15) is 32.1 Å². The highest BCUT2D eigenvalue weighted by atomic mass is 35.5. The molecule has 1 saturated carbocycles. The number of halogens is 2. The Morgan fingerprint density at radius 2 is 1.88 bits per heavy atom. The minimum atomic E-state index is 0.732. The first-order chi connectivity index (χ1) is 7.75. The fourth-order valence-electron chi connectivity index (χ4n) is 2.28. The Morgan fingerprint density at radius 3 is 2.62 bits per heavy atom. The number of hydrogen-bond acceptors (Lipinski definition) is 1. The standard InChI is InChI=1S/C13H17Cl2N/c14-11-6-7-12(15)13(8-11)16-9-10-4-2-1-3-5-10/h6-8,10,16H,1-5,9H2. The third kappa shape index (κ3) is 3.29. The molecule has 3 heteroatoms. The molecule has 0 atom stereocenters. The van der Waals surface area contributed by atoms with E-state index >= 15 is 0 Å². The van der Waals surface area contributed by atoms with Crippen LogP contribution in [0.3, 0.4) is 0 Å². The molecule has 1 fully saturated rings. The highest BCUT2D eigenvalue weighted by Crippen LogP contribution is 2.28. The van der Waals surface area contributed by atoms with Gasteiger partial charge in [-0.05, 0) is 37.0 Å². The van der Waals surface area contributed by atoms with Crippen molar-refractivity contribution in [2.45, 2.75) is 32.1 Å². The maximum absolute atomic E-state index is 6.09. The lowest BCUT2D eigenvalue weighted by Crippen LogP contribution is -2.17. The van der Waals surface area contributed by atoms with Crippen molar-refractivity contribution >= 4 is 28.9 Å². The zero-order valence-corrected chi connectivity index (χ0v) is 10.8. The fraction of sp³-hybridized carbons (Fsp3) is 0.538. The molecule has 1 aromatic carbocycles. The number of benzene rings is 1. The molecular weight excluding hydrogens is 241 g/mol. The van der Waals surface area contributed by atoms with Crippen LogP contribution in [0, 0.1) is 5.92 Å². The molecule has 1 aromatic rings. The van der Waals surface area contributed by atoms with Gasteiger partial charge in [-0.1, -0.05) is 42.5 Å². The predicted octanol–water partition coefficient (Wildman–Crippen LogP) is 4.99. The van der Waals surface area contributed by atoms with Gasteiger partial charge < -0.3 is 5.32 Å². The highest BCUT2D eigenvalue weighted by Gasteiger charge is 2.13. The SMILES string of the molecule is Clc1ccc(Cl)c(NCC2CCCCC2)c1. The van der Waals surface area contributed by atoms with Gasteiger partial charge in [-0.2, -0.15) is 0 Å². The molecule has 0 aromatic heterocycles. The summed E-state index contributed by atoms with van der Waals surface area (Å²) in [5, 5.41) is 4.89. The van der Waals surface area contributed by atoms with Gasteiger partial charge in [0.15, 0.2) is 0 Å². The van der Waals surface area contributed by atoms with Crippen molar-refractivity contribution in [2.75, 3.05) is 11.9 Å². The Bertz CT molecular complexity index is 346. The normalized spacial score (nSPS) is 17.4. The molecule has 0 saturated heterocycles. The van der Waals surface area contributed by atoms with E-state index in [1.807, 2.05) is 18.2 Å². The highest BCUT2D eigenvalue weighted by molar-refractivity contribution is 6.35. The van der Waals surface area contributed by atoms with Gasteiger partial charge in [-0.25, -0.2) is 0 Å². The van der Waals surface area contributed by atoms with Crippen molar-refractivity contribution in [1.29, 1.82) is 0 Å². The van der Waals surface area contributed by atoms with Gasteiger partial charge in [0.25, 0.3) is 0 Å². The summed E-state index contributed by atoms with van der Waals surface area (Å²) in [4.78, 5) is 0. The van der Waals surface area contributed by atoms with Crippen LogP contribution in [0.25, 0.3) is 0 Å². The Balaban J connectivity index is 1.90. The molecule has 1 aliphatic rings. The molecule has 16 heavy (non-hydrogen) atoms. The molecule has 0 unspecified atom stereocenters. The predicted molar refractivity (Wildman–Crippen MR) is 71.5 cm³/mol. The summed E-state index contributed by atoms with van der Waals surface area (Å²) in [5.74, 6) is 0.795. The summed E-state index contributed by atoms with van der Waals surface area (Å²) in [6, 6.07) is 5.55. The summed E-state index contributed by atoms with van der Waals surface area (Å²) in [5.41, 5.74) is 0.958. The minimum absolute atomic E-state index is 0.732. The van der Waals surface area contributed by atoms with E-state index in [1.165, 1.54) is 32.1 Å². The minimum Gasteiger partial charge on any atom is -0.384 e. The van der Waals surface area contributed by atoms with Crippen LogP contribution in [-0.2, 0) is 0 Å². The van der Waals surface area contributed by atoms with Gasteiger partial charge in [0.05, 0.1) is 10.7 Å². The molecule has 1 nitrogen and oxygen atoms in total. The van der Waals surface area contributed by atoms with Crippen molar-refractivity contribution < 1.29 is 0 Å². The van der Waals surface area contributed by atoms with E-state index in [2.05, 4.69) is 5.32 Å². The van der Waals surface area contributed by atoms with E-state index in [0.29, 0.717) is 0 Å². The van der Waals surface area contributed by atoms with Crippen LogP contribution in [0.4, 0.5) is 5.69 Å². The molecule has 88 valence electrons. The monoisotopic (exact) mass is 257 g/mol. The van der Waals surface area contributed by atoms with Gasteiger partial charge in [0.1, 0.15) is 0 Å². The van der Waals surface area contributed by atoms with E-state index in [1.54, 1.807) is 0 Å². The summed E-state index contributed by atoms with van der Waals surface area (Å²) in [7, 11) is 0. The average molecular weight is 258 g/mol. The largest absolute Gasteiger partial charge is 0.384 e. The van der Waals surface area contributed by atoms with E-state index in [9.17, 15) is 0 Å². The Morgan fingerprint density at radius 1 is 1.12 bits per heavy atom. The van der Waals surface area contributed by atoms with Gasteiger partial charge in [-0.15, -0.1) is 0 Å². The molecule has 0 aliphatic heterocycles. The Labute approximate surface area is 107 Å². The van der Waals surface area contributed by atoms with Crippen LogP contribution in [0.2, 0.25) is 10.0 Å². The maximum atomic E-state index is 6.09. The van der Waals surface area contributed by atoms with E-state index < -0.39 is 0 Å². The lowest BCUT2D eigenvalue weighted by Gasteiger charge is -2.22. The van der Waals surface area contributed by atoms with Crippen molar-refractivity contribution in [3.63, 3.8) is 0 Å². The first kappa shape index (κ1) is 12.1. The second kappa shape index (κ2) is 5.79. The average Bonchev–Trinajstić information content (AvgIpc) is 2.32. The molecule has 1 N–H and O–H groups in total. The second-order valence-corrected chi connectivity index (χ2v) is 5.35. The third-order valence-corrected chi connectivity index (χ3v) is 3.80. The molecular formula is C13H17Cl2N. The summed E-state index contributed by atoms with van der Waals surface area (Å²) in [6.45, 7) is 1.01. The molecule has 0 spiro atoms. The van der Waals surface area contributed by atoms with Crippen molar-refractivity contribution in [3.05, 3.63) is 28.2 Å². The fourth-order valence-corrected chi connectivity index (χ4v) is 2.63. The van der Waals surface area contributed by atoms with E-state index in [4.69, 9.17) is 23.2 Å². The van der Waals surface area contributed by atoms with Gasteiger partial charge >= 0.3 is 0 Å².